The summed E-state index contributed by atoms with van der Waals surface area (Å²) in [4.78, 5) is 21.1. The molecule has 1 saturated heterocycles. The monoisotopic (exact) mass is 188 g/mol. The van der Waals surface area contributed by atoms with Crippen molar-refractivity contribution in [3.8, 4) is 0 Å². The van der Waals surface area contributed by atoms with Gasteiger partial charge in [-0.15, -0.1) is 0 Å². The molecule has 0 aromatic heterocycles. The Balaban J connectivity index is 2.34. The molecule has 0 spiro atoms. The zero-order valence-electron chi connectivity index (χ0n) is 6.99. The molecule has 5 N–H and O–H groups in total. The van der Waals surface area contributed by atoms with Crippen molar-refractivity contribution in [2.45, 2.75) is 24.5 Å². The van der Waals surface area contributed by atoms with Gasteiger partial charge in [0.15, 0.2) is 5.60 Å². The van der Waals surface area contributed by atoms with E-state index >= 15 is 0 Å². The van der Waals surface area contributed by atoms with Crippen molar-refractivity contribution >= 4 is 11.9 Å². The van der Waals surface area contributed by atoms with Gasteiger partial charge in [0.05, 0.1) is 6.54 Å². The lowest BCUT2D eigenvalue weighted by molar-refractivity contribution is -0.153. The van der Waals surface area contributed by atoms with Crippen LogP contribution in [-0.4, -0.2) is 40.3 Å². The third-order valence-corrected chi connectivity index (χ3v) is 2.15. The standard InChI is InChI=1S/C7H12N2O4/c8-4(5(10)11)1-2-7(13)3-9-6(7)12/h4,13H,1-3,8H2,(H,9,12)(H,10,11). The molecule has 1 heterocycles. The number of carboxylic acids is 1. The van der Waals surface area contributed by atoms with Crippen LogP contribution in [-0.2, 0) is 9.59 Å². The summed E-state index contributed by atoms with van der Waals surface area (Å²) in [6.07, 6.45) is 0.186. The molecule has 2 unspecified atom stereocenters. The molecule has 74 valence electrons. The van der Waals surface area contributed by atoms with Crippen molar-refractivity contribution < 1.29 is 19.8 Å². The first-order valence-corrected chi connectivity index (χ1v) is 3.95. The summed E-state index contributed by atoms with van der Waals surface area (Å²) in [5, 5.41) is 20.3. The van der Waals surface area contributed by atoms with Crippen molar-refractivity contribution in [1.82, 2.24) is 5.32 Å². The van der Waals surface area contributed by atoms with E-state index in [9.17, 15) is 14.7 Å². The third kappa shape index (κ3) is 1.96. The number of nitrogens with one attached hydrogen (secondary N) is 1. The fourth-order valence-corrected chi connectivity index (χ4v) is 1.08. The Kier molecular flexibility index (Phi) is 2.53. The largest absolute Gasteiger partial charge is 0.480 e. The van der Waals surface area contributed by atoms with Crippen LogP contribution in [0.25, 0.3) is 0 Å². The molecule has 1 aliphatic heterocycles. The van der Waals surface area contributed by atoms with Gasteiger partial charge in [-0.1, -0.05) is 0 Å². The molecule has 1 amide bonds. The lowest BCUT2D eigenvalue weighted by atomic mass is 9.89. The Morgan fingerprint density at radius 1 is 1.77 bits per heavy atom. The van der Waals surface area contributed by atoms with Gasteiger partial charge in [-0.3, -0.25) is 9.59 Å². The molecule has 0 bridgehead atoms. The topological polar surface area (TPSA) is 113 Å². The van der Waals surface area contributed by atoms with Crippen LogP contribution in [0, 0.1) is 0 Å². The Bertz CT molecular complexity index is 243. The van der Waals surface area contributed by atoms with Gasteiger partial charge in [-0.05, 0) is 12.8 Å². The third-order valence-electron chi connectivity index (χ3n) is 2.15. The highest BCUT2D eigenvalue weighted by Gasteiger charge is 2.44. The van der Waals surface area contributed by atoms with Crippen LogP contribution < -0.4 is 11.1 Å². The van der Waals surface area contributed by atoms with Crippen LogP contribution in [0.15, 0.2) is 0 Å². The minimum absolute atomic E-state index is 0.0896. The second kappa shape index (κ2) is 3.31. The number of carbonyl (C=O) groups excluding carboxylic acids is 1. The number of carbonyl (C=O) groups is 2. The Labute approximate surface area is 74.7 Å². The average Bonchev–Trinajstić information content (AvgIpc) is 2.10. The predicted octanol–water partition coefficient (Wildman–Crippen LogP) is -1.96. The summed E-state index contributed by atoms with van der Waals surface area (Å²) in [5.74, 6) is -1.58. The Morgan fingerprint density at radius 2 is 2.38 bits per heavy atom. The number of β-amino-alcohol motifs (C(OH)–C–C–N with tert-alkyl or cyclic N) is 1. The summed E-state index contributed by atoms with van der Waals surface area (Å²) < 4.78 is 0. The van der Waals surface area contributed by atoms with Crippen LogP contribution in [0.2, 0.25) is 0 Å². The Morgan fingerprint density at radius 3 is 2.69 bits per heavy atom. The number of amides is 1. The van der Waals surface area contributed by atoms with Crippen LogP contribution in [0.5, 0.6) is 0 Å². The minimum atomic E-state index is -1.40. The number of rotatable bonds is 4. The van der Waals surface area contributed by atoms with E-state index in [4.69, 9.17) is 10.8 Å². The summed E-state index contributed by atoms with van der Waals surface area (Å²) in [6, 6.07) is -1.02. The molecule has 0 aromatic carbocycles. The van der Waals surface area contributed by atoms with Crippen molar-refractivity contribution in [1.29, 1.82) is 0 Å². The van der Waals surface area contributed by atoms with Gasteiger partial charge in [0, 0.05) is 0 Å². The highest BCUT2D eigenvalue weighted by atomic mass is 16.4. The first kappa shape index (κ1) is 9.94. The fourth-order valence-electron chi connectivity index (χ4n) is 1.08. The minimum Gasteiger partial charge on any atom is -0.480 e. The van der Waals surface area contributed by atoms with Crippen LogP contribution in [0.3, 0.4) is 0 Å². The molecule has 1 rings (SSSR count). The molecule has 0 saturated carbocycles. The van der Waals surface area contributed by atoms with E-state index in [1.54, 1.807) is 0 Å². The maximum absolute atomic E-state index is 10.8. The maximum Gasteiger partial charge on any atom is 0.320 e. The van der Waals surface area contributed by atoms with E-state index in [0.29, 0.717) is 0 Å². The SMILES string of the molecule is NC(CCC1(O)CNC1=O)C(=O)O. The van der Waals surface area contributed by atoms with Crippen molar-refractivity contribution in [3.05, 3.63) is 0 Å². The molecule has 0 aromatic rings. The molecule has 6 nitrogen and oxygen atoms in total. The number of β-lactam (4-membered cyclic amide) rings is 1. The molecular weight excluding hydrogens is 176 g/mol. The number of aliphatic carboxylic acids is 1. The summed E-state index contributed by atoms with van der Waals surface area (Å²) in [6.45, 7) is 0.179. The summed E-state index contributed by atoms with van der Waals surface area (Å²) >= 11 is 0. The van der Waals surface area contributed by atoms with E-state index in [1.165, 1.54) is 0 Å². The lowest BCUT2D eigenvalue weighted by Gasteiger charge is -2.36. The number of hydrogen-bond acceptors (Lipinski definition) is 4. The van der Waals surface area contributed by atoms with Crippen LogP contribution >= 0.6 is 0 Å². The van der Waals surface area contributed by atoms with Crippen molar-refractivity contribution in [2.24, 2.45) is 5.73 Å². The van der Waals surface area contributed by atoms with Crippen molar-refractivity contribution in [3.63, 3.8) is 0 Å². The fraction of sp³-hybridized carbons (Fsp3) is 0.714. The van der Waals surface area contributed by atoms with Gasteiger partial charge in [0.2, 0.25) is 0 Å². The number of carboxylic acid groups (broad SMARTS) is 1. The van der Waals surface area contributed by atoms with E-state index in [0.717, 1.165) is 0 Å². The molecule has 0 radical (unpaired) electrons. The zero-order chi connectivity index (χ0) is 10.1. The number of aliphatic hydroxyl groups is 1. The molecule has 6 heteroatoms. The van der Waals surface area contributed by atoms with Crippen LogP contribution in [0.4, 0.5) is 0 Å². The molecule has 0 aliphatic carbocycles. The second-order valence-electron chi connectivity index (χ2n) is 3.20. The Hall–Kier alpha value is -1.14. The molecule has 1 aliphatic rings. The molecule has 2 atom stereocenters. The van der Waals surface area contributed by atoms with Gasteiger partial charge in [0.1, 0.15) is 6.04 Å². The zero-order valence-corrected chi connectivity index (χ0v) is 6.99. The van der Waals surface area contributed by atoms with E-state index in [1.807, 2.05) is 0 Å². The quantitative estimate of drug-likeness (QED) is 0.383. The van der Waals surface area contributed by atoms with E-state index in [2.05, 4.69) is 5.32 Å². The summed E-state index contributed by atoms with van der Waals surface area (Å²) in [7, 11) is 0. The first-order valence-electron chi connectivity index (χ1n) is 3.95. The lowest BCUT2D eigenvalue weighted by Crippen LogP contribution is -2.65. The van der Waals surface area contributed by atoms with E-state index < -0.39 is 23.5 Å². The molecule has 13 heavy (non-hydrogen) atoms. The van der Waals surface area contributed by atoms with Crippen molar-refractivity contribution in [2.75, 3.05) is 6.54 Å². The van der Waals surface area contributed by atoms with Gasteiger partial charge in [-0.25, -0.2) is 0 Å². The second-order valence-corrected chi connectivity index (χ2v) is 3.20. The van der Waals surface area contributed by atoms with Gasteiger partial charge in [-0.2, -0.15) is 0 Å². The van der Waals surface area contributed by atoms with Crippen LogP contribution in [0.1, 0.15) is 12.8 Å². The molecule has 1 fully saturated rings. The normalized spacial score (nSPS) is 28.9. The first-order chi connectivity index (χ1) is 5.96. The van der Waals surface area contributed by atoms with Gasteiger partial charge >= 0.3 is 5.97 Å². The number of hydrogen-bond donors (Lipinski definition) is 4. The number of nitrogens with two attached hydrogens (primary N) is 1. The summed E-state index contributed by atoms with van der Waals surface area (Å²) in [5.41, 5.74) is 3.81. The average molecular weight is 188 g/mol. The van der Waals surface area contributed by atoms with E-state index in [-0.39, 0.29) is 19.4 Å². The maximum atomic E-state index is 10.8. The highest BCUT2D eigenvalue weighted by molar-refractivity contribution is 5.91. The highest BCUT2D eigenvalue weighted by Crippen LogP contribution is 2.19. The van der Waals surface area contributed by atoms with Gasteiger partial charge < -0.3 is 21.3 Å². The molecular formula is C7H12N2O4. The smallest absolute Gasteiger partial charge is 0.320 e. The predicted molar refractivity (Wildman–Crippen MR) is 42.8 cm³/mol. The van der Waals surface area contributed by atoms with Gasteiger partial charge in [0.25, 0.3) is 5.91 Å².